The molecule has 1 amide bonds. The third-order valence-electron chi connectivity index (χ3n) is 2.87. The van der Waals surface area contributed by atoms with Gasteiger partial charge in [-0.15, -0.1) is 0 Å². The molecule has 106 valence electrons. The Labute approximate surface area is 118 Å². The van der Waals surface area contributed by atoms with Gasteiger partial charge in [0.1, 0.15) is 5.75 Å². The molecule has 4 nitrogen and oxygen atoms in total. The summed E-state index contributed by atoms with van der Waals surface area (Å²) < 4.78 is 5.18. The van der Waals surface area contributed by atoms with Crippen molar-refractivity contribution in [2.75, 3.05) is 13.7 Å². The molecule has 0 saturated heterocycles. The molecule has 0 aliphatic heterocycles. The lowest BCUT2D eigenvalue weighted by Gasteiger charge is -2.15. The van der Waals surface area contributed by atoms with E-state index in [4.69, 9.17) is 16.3 Å². The van der Waals surface area contributed by atoms with Gasteiger partial charge in [0.15, 0.2) is 0 Å². The van der Waals surface area contributed by atoms with Gasteiger partial charge in [-0.1, -0.05) is 25.4 Å². The number of nitrogens with one attached hydrogen (secondary N) is 1. The van der Waals surface area contributed by atoms with E-state index in [0.717, 1.165) is 5.56 Å². The molecule has 1 aromatic rings. The number of benzene rings is 1. The molecule has 5 heteroatoms. The van der Waals surface area contributed by atoms with Gasteiger partial charge in [0.05, 0.1) is 19.6 Å². The zero-order valence-corrected chi connectivity index (χ0v) is 12.2. The predicted octanol–water partition coefficient (Wildman–Crippen LogP) is 2.02. The van der Waals surface area contributed by atoms with Crippen LogP contribution in [0.2, 0.25) is 5.02 Å². The average molecular weight is 286 g/mol. The lowest BCUT2D eigenvalue weighted by Crippen LogP contribution is -2.35. The van der Waals surface area contributed by atoms with Crippen molar-refractivity contribution in [1.29, 1.82) is 0 Å². The van der Waals surface area contributed by atoms with Crippen LogP contribution in [0.15, 0.2) is 18.2 Å². The first-order valence-electron chi connectivity index (χ1n) is 6.21. The summed E-state index contributed by atoms with van der Waals surface area (Å²) >= 11 is 5.90. The van der Waals surface area contributed by atoms with E-state index in [1.54, 1.807) is 25.3 Å². The Morgan fingerprint density at radius 3 is 2.74 bits per heavy atom. The maximum absolute atomic E-state index is 11.8. The minimum Gasteiger partial charge on any atom is -0.496 e. The van der Waals surface area contributed by atoms with Crippen molar-refractivity contribution >= 4 is 17.5 Å². The maximum atomic E-state index is 11.8. The van der Waals surface area contributed by atoms with E-state index in [9.17, 15) is 9.90 Å². The highest BCUT2D eigenvalue weighted by Gasteiger charge is 2.13. The molecule has 2 N–H and O–H groups in total. The number of methoxy groups -OCH3 is 1. The summed E-state index contributed by atoms with van der Waals surface area (Å²) in [6, 6.07) is 5.15. The summed E-state index contributed by atoms with van der Waals surface area (Å²) in [5, 5.41) is 12.9. The average Bonchev–Trinajstić information content (AvgIpc) is 2.36. The second-order valence-corrected chi connectivity index (χ2v) is 5.18. The predicted molar refractivity (Wildman–Crippen MR) is 75.6 cm³/mol. The number of amides is 1. The highest BCUT2D eigenvalue weighted by Crippen LogP contribution is 2.22. The first kappa shape index (κ1) is 15.8. The number of halogens is 1. The van der Waals surface area contributed by atoms with E-state index in [0.29, 0.717) is 10.8 Å². The van der Waals surface area contributed by atoms with E-state index in [2.05, 4.69) is 5.32 Å². The van der Waals surface area contributed by atoms with Gasteiger partial charge in [0.2, 0.25) is 5.91 Å². The highest BCUT2D eigenvalue weighted by molar-refractivity contribution is 6.30. The van der Waals surface area contributed by atoms with Crippen LogP contribution in [0.1, 0.15) is 19.4 Å². The number of hydrogen-bond donors (Lipinski definition) is 2. The number of ether oxygens (including phenoxy) is 1. The lowest BCUT2D eigenvalue weighted by molar-refractivity contribution is -0.121. The Balaban J connectivity index is 2.59. The smallest absolute Gasteiger partial charge is 0.224 e. The van der Waals surface area contributed by atoms with Gasteiger partial charge < -0.3 is 15.2 Å². The van der Waals surface area contributed by atoms with Gasteiger partial charge in [-0.2, -0.15) is 0 Å². The van der Waals surface area contributed by atoms with Crippen LogP contribution in [0, 0.1) is 5.92 Å². The van der Waals surface area contributed by atoms with Crippen LogP contribution in [0.3, 0.4) is 0 Å². The number of aliphatic hydroxyl groups excluding tert-OH is 1. The first-order valence-corrected chi connectivity index (χ1v) is 6.59. The van der Waals surface area contributed by atoms with E-state index in [-0.39, 0.29) is 24.8 Å². The van der Waals surface area contributed by atoms with Crippen LogP contribution in [-0.2, 0) is 11.2 Å². The number of hydrogen-bond acceptors (Lipinski definition) is 3. The van der Waals surface area contributed by atoms with Gasteiger partial charge in [-0.25, -0.2) is 0 Å². The second-order valence-electron chi connectivity index (χ2n) is 4.75. The van der Waals surface area contributed by atoms with Crippen molar-refractivity contribution in [3.05, 3.63) is 28.8 Å². The summed E-state index contributed by atoms with van der Waals surface area (Å²) in [6.07, 6.45) is -0.362. The molecule has 0 spiro atoms. The molecule has 1 atom stereocenters. The van der Waals surface area contributed by atoms with Crippen LogP contribution in [0.5, 0.6) is 5.75 Å². The van der Waals surface area contributed by atoms with E-state index in [1.807, 2.05) is 13.8 Å². The topological polar surface area (TPSA) is 58.6 Å². The molecular formula is C14H20ClNO3. The quantitative estimate of drug-likeness (QED) is 0.841. The number of rotatable bonds is 6. The summed E-state index contributed by atoms with van der Waals surface area (Å²) in [5.74, 6) is 0.574. The molecule has 0 saturated carbocycles. The van der Waals surface area contributed by atoms with E-state index in [1.165, 1.54) is 0 Å². The molecule has 0 aliphatic carbocycles. The van der Waals surface area contributed by atoms with Crippen molar-refractivity contribution < 1.29 is 14.6 Å². The second kappa shape index (κ2) is 7.36. The Morgan fingerprint density at radius 2 is 2.16 bits per heavy atom. The van der Waals surface area contributed by atoms with Gasteiger partial charge in [-0.05, 0) is 24.1 Å². The maximum Gasteiger partial charge on any atom is 0.224 e. The minimum atomic E-state index is -0.537. The largest absolute Gasteiger partial charge is 0.496 e. The van der Waals surface area contributed by atoms with Crippen molar-refractivity contribution in [2.24, 2.45) is 5.92 Å². The molecule has 0 aliphatic rings. The lowest BCUT2D eigenvalue weighted by atomic mass is 10.1. The Kier molecular flexibility index (Phi) is 6.12. The Morgan fingerprint density at radius 1 is 1.47 bits per heavy atom. The molecule has 0 fully saturated rings. The van der Waals surface area contributed by atoms with Gasteiger partial charge in [-0.3, -0.25) is 4.79 Å². The van der Waals surface area contributed by atoms with Crippen molar-refractivity contribution in [3.63, 3.8) is 0 Å². The summed E-state index contributed by atoms with van der Waals surface area (Å²) in [4.78, 5) is 11.8. The molecule has 0 aromatic heterocycles. The standard InChI is InChI=1S/C14H20ClNO3/c1-9(2)12(17)8-16-14(18)7-10-6-11(15)4-5-13(10)19-3/h4-6,9,12,17H,7-8H2,1-3H3,(H,16,18). The third kappa shape index (κ3) is 5.09. The fourth-order valence-corrected chi connectivity index (χ4v) is 1.77. The molecule has 0 bridgehead atoms. The van der Waals surface area contributed by atoms with Crippen LogP contribution in [0.4, 0.5) is 0 Å². The van der Waals surface area contributed by atoms with Crippen LogP contribution in [-0.4, -0.2) is 30.8 Å². The van der Waals surface area contributed by atoms with Gasteiger partial charge >= 0.3 is 0 Å². The monoisotopic (exact) mass is 285 g/mol. The molecule has 19 heavy (non-hydrogen) atoms. The SMILES string of the molecule is COc1ccc(Cl)cc1CC(=O)NCC(O)C(C)C. The van der Waals surface area contributed by atoms with Gasteiger partial charge in [0, 0.05) is 17.1 Å². The normalized spacial score (nSPS) is 12.3. The first-order chi connectivity index (χ1) is 8.93. The fourth-order valence-electron chi connectivity index (χ4n) is 1.57. The minimum absolute atomic E-state index is 0.112. The third-order valence-corrected chi connectivity index (χ3v) is 3.11. The van der Waals surface area contributed by atoms with Crippen LogP contribution < -0.4 is 10.1 Å². The Hall–Kier alpha value is -1.26. The van der Waals surface area contributed by atoms with Crippen LogP contribution >= 0.6 is 11.6 Å². The molecular weight excluding hydrogens is 266 g/mol. The molecule has 1 aromatic carbocycles. The van der Waals surface area contributed by atoms with Crippen molar-refractivity contribution in [3.8, 4) is 5.75 Å². The molecule has 1 rings (SSSR count). The van der Waals surface area contributed by atoms with E-state index < -0.39 is 6.10 Å². The van der Waals surface area contributed by atoms with Crippen molar-refractivity contribution in [2.45, 2.75) is 26.4 Å². The van der Waals surface area contributed by atoms with Gasteiger partial charge in [0.25, 0.3) is 0 Å². The zero-order chi connectivity index (χ0) is 14.4. The fraction of sp³-hybridized carbons (Fsp3) is 0.500. The number of carbonyl (C=O) groups excluding carboxylic acids is 1. The molecule has 1 unspecified atom stereocenters. The summed E-state index contributed by atoms with van der Waals surface area (Å²) in [7, 11) is 1.55. The Bertz CT molecular complexity index is 435. The summed E-state index contributed by atoms with van der Waals surface area (Å²) in [6.45, 7) is 4.05. The summed E-state index contributed by atoms with van der Waals surface area (Å²) in [5.41, 5.74) is 0.728. The highest BCUT2D eigenvalue weighted by atomic mass is 35.5. The number of carbonyl (C=O) groups is 1. The van der Waals surface area contributed by atoms with Crippen LogP contribution in [0.25, 0.3) is 0 Å². The number of aliphatic hydroxyl groups is 1. The molecule has 0 radical (unpaired) electrons. The van der Waals surface area contributed by atoms with Crippen molar-refractivity contribution in [1.82, 2.24) is 5.32 Å². The zero-order valence-electron chi connectivity index (χ0n) is 11.4. The molecule has 0 heterocycles. The van der Waals surface area contributed by atoms with E-state index >= 15 is 0 Å².